The predicted octanol–water partition coefficient (Wildman–Crippen LogP) is 1.89. The highest BCUT2D eigenvalue weighted by Crippen LogP contribution is 2.41. The Bertz CT molecular complexity index is 522. The van der Waals surface area contributed by atoms with Crippen LogP contribution in [0.2, 0.25) is 0 Å². The second kappa shape index (κ2) is 6.93. The fraction of sp³-hybridized carbons (Fsp3) is 0.538. The van der Waals surface area contributed by atoms with E-state index < -0.39 is 17.1 Å². The van der Waals surface area contributed by atoms with Gasteiger partial charge >= 0.3 is 0 Å². The van der Waals surface area contributed by atoms with Gasteiger partial charge in [-0.25, -0.2) is 0 Å². The molecule has 0 saturated heterocycles. The number of non-ortho nitro benzene ring substituents is 1. The highest BCUT2D eigenvalue weighted by molar-refractivity contribution is 5.85. The molecule has 0 amide bonds. The summed E-state index contributed by atoms with van der Waals surface area (Å²) in [5.74, 6) is -0.205. The van der Waals surface area contributed by atoms with Gasteiger partial charge in [0.15, 0.2) is 11.5 Å². The van der Waals surface area contributed by atoms with Crippen LogP contribution >= 0.6 is 12.4 Å². The third-order valence-corrected chi connectivity index (χ3v) is 3.88. The van der Waals surface area contributed by atoms with Crippen molar-refractivity contribution in [1.82, 2.24) is 0 Å². The smallest absolute Gasteiger partial charge is 0.273 e. The van der Waals surface area contributed by atoms with Crippen molar-refractivity contribution >= 4 is 18.1 Å². The monoisotopic (exact) mass is 318 g/mol. The molecule has 1 aromatic rings. The Kier molecular flexibility index (Phi) is 5.77. The molecule has 2 atom stereocenters. The van der Waals surface area contributed by atoms with Gasteiger partial charge in [0.1, 0.15) is 0 Å². The van der Waals surface area contributed by atoms with E-state index in [9.17, 15) is 20.3 Å². The molecule has 0 radical (unpaired) electrons. The molecule has 1 saturated carbocycles. The maximum atomic E-state index is 10.9. The normalized spacial score (nSPS) is 17.3. The summed E-state index contributed by atoms with van der Waals surface area (Å²) < 4.78 is 4.92. The molecular weight excluding hydrogens is 300 g/mol. The van der Waals surface area contributed by atoms with Crippen LogP contribution in [0.25, 0.3) is 0 Å². The number of phenols is 1. The molecule has 1 aliphatic carbocycles. The maximum absolute atomic E-state index is 10.9. The van der Waals surface area contributed by atoms with E-state index in [1.54, 1.807) is 0 Å². The van der Waals surface area contributed by atoms with E-state index in [4.69, 9.17) is 10.5 Å². The molecule has 0 spiro atoms. The Morgan fingerprint density at radius 3 is 2.52 bits per heavy atom. The number of phenolic OH excluding ortho intramolecular Hbond substituents is 1. The number of aromatic hydroxyl groups is 1. The van der Waals surface area contributed by atoms with Gasteiger partial charge < -0.3 is 20.7 Å². The number of rotatable bonds is 5. The summed E-state index contributed by atoms with van der Waals surface area (Å²) in [5.41, 5.74) is 5.86. The van der Waals surface area contributed by atoms with Crippen molar-refractivity contribution < 1.29 is 19.9 Å². The zero-order valence-electron chi connectivity index (χ0n) is 11.6. The van der Waals surface area contributed by atoms with Crippen molar-refractivity contribution in [1.29, 1.82) is 0 Å². The van der Waals surface area contributed by atoms with Gasteiger partial charge in [-0.05, 0) is 18.8 Å². The standard InChI is InChI=1S/C13H18N2O5.ClH/c1-20-10-6-8(15(18)19)5-9(13(10)17)11(14)12(16)7-3-2-4-7;/h5-7,11-12,16-17H,2-4,14H2,1H3;1H/t11-,12+;/m0./s1. The minimum Gasteiger partial charge on any atom is -0.504 e. The summed E-state index contributed by atoms with van der Waals surface area (Å²) in [5, 5.41) is 31.1. The second-order valence-corrected chi connectivity index (χ2v) is 5.05. The Labute approximate surface area is 128 Å². The quantitative estimate of drug-likeness (QED) is 0.563. The van der Waals surface area contributed by atoms with E-state index in [1.807, 2.05) is 0 Å². The van der Waals surface area contributed by atoms with E-state index in [1.165, 1.54) is 13.2 Å². The molecule has 2 rings (SSSR count). The molecule has 1 fully saturated rings. The average Bonchev–Trinajstić information content (AvgIpc) is 2.35. The molecule has 4 N–H and O–H groups in total. The second-order valence-electron chi connectivity index (χ2n) is 5.05. The lowest BCUT2D eigenvalue weighted by molar-refractivity contribution is -0.385. The molecule has 7 nitrogen and oxygen atoms in total. The number of nitro groups is 1. The molecule has 8 heteroatoms. The van der Waals surface area contributed by atoms with Crippen LogP contribution in [-0.4, -0.2) is 28.4 Å². The van der Waals surface area contributed by atoms with E-state index in [0.29, 0.717) is 0 Å². The number of aliphatic hydroxyl groups excluding tert-OH is 1. The van der Waals surface area contributed by atoms with Crippen molar-refractivity contribution in [3.63, 3.8) is 0 Å². The molecule has 0 unspecified atom stereocenters. The zero-order chi connectivity index (χ0) is 14.9. The first kappa shape index (κ1) is 17.5. The highest BCUT2D eigenvalue weighted by atomic mass is 35.5. The first-order valence-corrected chi connectivity index (χ1v) is 6.44. The summed E-state index contributed by atoms with van der Waals surface area (Å²) in [4.78, 5) is 10.3. The summed E-state index contributed by atoms with van der Waals surface area (Å²) in [6.45, 7) is 0. The van der Waals surface area contributed by atoms with Gasteiger partial charge in [-0.2, -0.15) is 0 Å². The number of hydrogen-bond acceptors (Lipinski definition) is 6. The lowest BCUT2D eigenvalue weighted by Crippen LogP contribution is -2.36. The minimum atomic E-state index is -0.880. The molecule has 1 aromatic carbocycles. The zero-order valence-corrected chi connectivity index (χ0v) is 12.4. The third-order valence-electron chi connectivity index (χ3n) is 3.88. The fourth-order valence-corrected chi connectivity index (χ4v) is 2.39. The summed E-state index contributed by atoms with van der Waals surface area (Å²) in [7, 11) is 1.30. The molecular formula is C13H19ClN2O5. The molecule has 0 aromatic heterocycles. The van der Waals surface area contributed by atoms with Crippen molar-refractivity contribution in [3.05, 3.63) is 27.8 Å². The number of nitro benzene ring substituents is 1. The first-order chi connectivity index (χ1) is 9.45. The van der Waals surface area contributed by atoms with Crippen LogP contribution in [0, 0.1) is 16.0 Å². The number of aliphatic hydroxyl groups is 1. The molecule has 118 valence electrons. The number of nitrogens with zero attached hydrogens (tertiary/aromatic N) is 1. The SMILES string of the molecule is COc1cc([N+](=O)[O-])cc([C@H](N)[C@H](O)C2CCC2)c1O.Cl. The van der Waals surface area contributed by atoms with E-state index in [2.05, 4.69) is 0 Å². The van der Waals surface area contributed by atoms with Crippen LogP contribution in [0.15, 0.2) is 12.1 Å². The number of nitrogens with two attached hydrogens (primary N) is 1. The summed E-state index contributed by atoms with van der Waals surface area (Å²) in [6.07, 6.45) is 1.96. The number of hydrogen-bond donors (Lipinski definition) is 3. The van der Waals surface area contributed by atoms with Gasteiger partial charge in [0.2, 0.25) is 0 Å². The van der Waals surface area contributed by atoms with Gasteiger partial charge in [-0.1, -0.05) is 6.42 Å². The van der Waals surface area contributed by atoms with Crippen molar-refractivity contribution in [2.75, 3.05) is 7.11 Å². The van der Waals surface area contributed by atoms with Crippen LogP contribution < -0.4 is 10.5 Å². The topological polar surface area (TPSA) is 119 Å². The lowest BCUT2D eigenvalue weighted by Gasteiger charge is -2.34. The van der Waals surface area contributed by atoms with Crippen LogP contribution in [0.4, 0.5) is 5.69 Å². The van der Waals surface area contributed by atoms with Crippen molar-refractivity contribution in [2.45, 2.75) is 31.4 Å². The Hall–Kier alpha value is -1.57. The average molecular weight is 319 g/mol. The molecule has 0 bridgehead atoms. The minimum absolute atomic E-state index is 0. The van der Waals surface area contributed by atoms with Crippen molar-refractivity contribution in [3.8, 4) is 11.5 Å². The first-order valence-electron chi connectivity index (χ1n) is 6.44. The fourth-order valence-electron chi connectivity index (χ4n) is 2.39. The number of ether oxygens (including phenoxy) is 1. The lowest BCUT2D eigenvalue weighted by atomic mass is 9.77. The largest absolute Gasteiger partial charge is 0.504 e. The Morgan fingerprint density at radius 2 is 2.10 bits per heavy atom. The summed E-state index contributed by atoms with van der Waals surface area (Å²) >= 11 is 0. The Balaban J connectivity index is 0.00000220. The van der Waals surface area contributed by atoms with Gasteiger partial charge in [0.25, 0.3) is 5.69 Å². The molecule has 0 heterocycles. The van der Waals surface area contributed by atoms with E-state index >= 15 is 0 Å². The maximum Gasteiger partial charge on any atom is 0.273 e. The van der Waals surface area contributed by atoms with Gasteiger partial charge in [-0.3, -0.25) is 10.1 Å². The van der Waals surface area contributed by atoms with Crippen LogP contribution in [0.5, 0.6) is 11.5 Å². The highest BCUT2D eigenvalue weighted by Gasteiger charge is 2.33. The van der Waals surface area contributed by atoms with Gasteiger partial charge in [0, 0.05) is 11.6 Å². The summed E-state index contributed by atoms with van der Waals surface area (Å²) in [6, 6.07) is 1.43. The van der Waals surface area contributed by atoms with Crippen LogP contribution in [-0.2, 0) is 0 Å². The third kappa shape index (κ3) is 3.37. The van der Waals surface area contributed by atoms with Gasteiger partial charge in [-0.15, -0.1) is 12.4 Å². The molecule has 21 heavy (non-hydrogen) atoms. The van der Waals surface area contributed by atoms with Crippen molar-refractivity contribution in [2.24, 2.45) is 11.7 Å². The molecule has 1 aliphatic rings. The van der Waals surface area contributed by atoms with E-state index in [-0.39, 0.29) is 41.1 Å². The predicted molar refractivity (Wildman–Crippen MR) is 78.8 cm³/mol. The number of methoxy groups -OCH3 is 1. The number of benzene rings is 1. The molecule has 0 aliphatic heterocycles. The number of halogens is 1. The van der Waals surface area contributed by atoms with E-state index in [0.717, 1.165) is 25.3 Å². The van der Waals surface area contributed by atoms with Crippen LogP contribution in [0.1, 0.15) is 30.9 Å². The van der Waals surface area contributed by atoms with Gasteiger partial charge in [0.05, 0.1) is 30.2 Å². The Morgan fingerprint density at radius 1 is 1.48 bits per heavy atom. The van der Waals surface area contributed by atoms with Crippen LogP contribution in [0.3, 0.4) is 0 Å².